The average molecular weight is 470 g/mol. The van der Waals surface area contributed by atoms with Gasteiger partial charge in [-0.2, -0.15) is 0 Å². The molecule has 33 heavy (non-hydrogen) atoms. The van der Waals surface area contributed by atoms with Crippen LogP contribution in [0.25, 0.3) is 10.9 Å². The molecule has 1 aromatic carbocycles. The van der Waals surface area contributed by atoms with Gasteiger partial charge in [0.25, 0.3) is 0 Å². The lowest BCUT2D eigenvalue weighted by molar-refractivity contribution is 0.138. The van der Waals surface area contributed by atoms with Crippen molar-refractivity contribution < 1.29 is 9.47 Å². The number of likely N-dealkylation sites (N-methyl/N-ethyl adjacent to an activating group) is 1. The van der Waals surface area contributed by atoms with Gasteiger partial charge in [0, 0.05) is 56.2 Å². The van der Waals surface area contributed by atoms with Crippen LogP contribution in [0.4, 0.5) is 0 Å². The molecule has 5 nitrogen and oxygen atoms in total. The number of thiol groups is 1. The van der Waals surface area contributed by atoms with Crippen LogP contribution in [0, 0.1) is 0 Å². The SMILES string of the molecule is C/C=C(/C(/C(C)=C/N=C(C)C)c1ccc2nc(S)c(OCCCCOCC)cc2c1)N(C)C. The van der Waals surface area contributed by atoms with Gasteiger partial charge in [0.2, 0.25) is 0 Å². The standard InChI is InChI=1S/C27H39N3O2S/c1-8-24(30(6)7)26(20(5)18-28-19(3)4)21-12-13-23-22(16-21)17-25(27(33)29-23)32-15-11-10-14-31-9-2/h8,12-13,16-18,26H,9-11,14-15H2,1-7H3,(H,29,33)/b20-18+,24-8-. The lowest BCUT2D eigenvalue weighted by Gasteiger charge is -2.27. The summed E-state index contributed by atoms with van der Waals surface area (Å²) in [5.74, 6) is 0.810. The third kappa shape index (κ3) is 7.90. The number of nitrogens with zero attached hydrogens (tertiary/aromatic N) is 3. The van der Waals surface area contributed by atoms with Crippen LogP contribution in [-0.4, -0.2) is 49.5 Å². The first-order valence-corrected chi connectivity index (χ1v) is 12.1. The Bertz CT molecular complexity index is 1010. The molecule has 0 fully saturated rings. The van der Waals surface area contributed by atoms with Crippen LogP contribution in [-0.2, 0) is 4.74 Å². The smallest absolute Gasteiger partial charge is 0.151 e. The number of unbranched alkanes of at least 4 members (excludes halogenated alkanes) is 1. The van der Waals surface area contributed by atoms with Crippen molar-refractivity contribution >= 4 is 29.2 Å². The van der Waals surface area contributed by atoms with Gasteiger partial charge in [-0.25, -0.2) is 4.98 Å². The second-order valence-corrected chi connectivity index (χ2v) is 8.93. The van der Waals surface area contributed by atoms with Gasteiger partial charge >= 0.3 is 0 Å². The molecule has 1 heterocycles. The van der Waals surface area contributed by atoms with Gasteiger partial charge in [-0.3, -0.25) is 4.99 Å². The first kappa shape index (κ1) is 26.9. The number of ether oxygens (including phenoxy) is 2. The highest BCUT2D eigenvalue weighted by molar-refractivity contribution is 7.80. The van der Waals surface area contributed by atoms with Gasteiger partial charge in [-0.05, 0) is 76.8 Å². The van der Waals surface area contributed by atoms with Crippen molar-refractivity contribution in [2.75, 3.05) is 33.9 Å². The van der Waals surface area contributed by atoms with E-state index in [0.717, 1.165) is 42.7 Å². The second-order valence-electron chi connectivity index (χ2n) is 8.51. The molecule has 0 spiro atoms. The molecular weight excluding hydrogens is 430 g/mol. The van der Waals surface area contributed by atoms with Crippen molar-refractivity contribution in [2.24, 2.45) is 4.99 Å². The summed E-state index contributed by atoms with van der Waals surface area (Å²) < 4.78 is 11.4. The fourth-order valence-corrected chi connectivity index (χ4v) is 3.98. The highest BCUT2D eigenvalue weighted by Gasteiger charge is 2.21. The van der Waals surface area contributed by atoms with E-state index in [1.807, 2.05) is 33.0 Å². The van der Waals surface area contributed by atoms with Crippen molar-refractivity contribution in [3.63, 3.8) is 0 Å². The summed E-state index contributed by atoms with van der Waals surface area (Å²) in [5, 5.41) is 1.65. The molecule has 2 aromatic rings. The van der Waals surface area contributed by atoms with Crippen LogP contribution in [0.1, 0.15) is 58.9 Å². The fraction of sp³-hybridized carbons (Fsp3) is 0.481. The van der Waals surface area contributed by atoms with Gasteiger partial charge in [-0.1, -0.05) is 12.1 Å². The van der Waals surface area contributed by atoms with E-state index in [1.165, 1.54) is 16.8 Å². The predicted octanol–water partition coefficient (Wildman–Crippen LogP) is 6.65. The normalized spacial score (nSPS) is 13.2. The largest absolute Gasteiger partial charge is 0.491 e. The number of pyridine rings is 1. The molecule has 1 aromatic heterocycles. The minimum atomic E-state index is 0.0936. The number of rotatable bonds is 12. The number of aliphatic imine (C=N–C) groups is 1. The topological polar surface area (TPSA) is 47.0 Å². The molecule has 0 N–H and O–H groups in total. The Morgan fingerprint density at radius 1 is 1.15 bits per heavy atom. The summed E-state index contributed by atoms with van der Waals surface area (Å²) in [6, 6.07) is 8.46. The van der Waals surface area contributed by atoms with Crippen LogP contribution in [0.2, 0.25) is 0 Å². The minimum Gasteiger partial charge on any atom is -0.491 e. The number of aromatic nitrogens is 1. The number of hydrogen-bond donors (Lipinski definition) is 1. The van der Waals surface area contributed by atoms with E-state index in [0.29, 0.717) is 17.4 Å². The van der Waals surface area contributed by atoms with E-state index < -0.39 is 0 Å². The van der Waals surface area contributed by atoms with E-state index >= 15 is 0 Å². The highest BCUT2D eigenvalue weighted by Crippen LogP contribution is 2.35. The van der Waals surface area contributed by atoms with Crippen LogP contribution < -0.4 is 4.74 Å². The maximum atomic E-state index is 6.00. The molecule has 0 aliphatic carbocycles. The molecule has 0 bridgehead atoms. The van der Waals surface area contributed by atoms with E-state index in [4.69, 9.17) is 9.47 Å². The van der Waals surface area contributed by atoms with Crippen molar-refractivity contribution in [2.45, 2.75) is 58.4 Å². The predicted molar refractivity (Wildman–Crippen MR) is 143 cm³/mol. The number of fused-ring (bicyclic) bond motifs is 1. The molecule has 2 rings (SSSR count). The van der Waals surface area contributed by atoms with Crippen LogP contribution in [0.3, 0.4) is 0 Å². The third-order valence-corrected chi connectivity index (χ3v) is 5.67. The van der Waals surface area contributed by atoms with Crippen molar-refractivity contribution in [1.82, 2.24) is 9.88 Å². The number of benzene rings is 1. The van der Waals surface area contributed by atoms with Gasteiger partial charge in [0.05, 0.1) is 12.1 Å². The van der Waals surface area contributed by atoms with Crippen LogP contribution in [0.5, 0.6) is 5.75 Å². The summed E-state index contributed by atoms with van der Waals surface area (Å²) in [4.78, 5) is 11.4. The Labute approximate surface area is 205 Å². The van der Waals surface area contributed by atoms with Gasteiger partial charge < -0.3 is 14.4 Å². The molecule has 180 valence electrons. The van der Waals surface area contributed by atoms with Crippen LogP contribution >= 0.6 is 12.6 Å². The van der Waals surface area contributed by atoms with Crippen molar-refractivity contribution in [3.05, 3.63) is 53.4 Å². The maximum absolute atomic E-state index is 6.00. The lowest BCUT2D eigenvalue weighted by atomic mass is 9.87. The lowest BCUT2D eigenvalue weighted by Crippen LogP contribution is -2.19. The molecule has 0 amide bonds. The minimum absolute atomic E-state index is 0.0936. The number of hydrogen-bond acceptors (Lipinski definition) is 6. The maximum Gasteiger partial charge on any atom is 0.151 e. The molecule has 0 saturated carbocycles. The molecule has 0 saturated heterocycles. The second kappa shape index (κ2) is 13.4. The third-order valence-electron chi connectivity index (χ3n) is 5.35. The average Bonchev–Trinajstić information content (AvgIpc) is 2.77. The van der Waals surface area contributed by atoms with Crippen LogP contribution in [0.15, 0.2) is 57.8 Å². The molecule has 0 radical (unpaired) electrons. The van der Waals surface area contributed by atoms with Gasteiger partial charge in [0.1, 0.15) is 5.03 Å². The monoisotopic (exact) mass is 469 g/mol. The van der Waals surface area contributed by atoms with E-state index in [1.54, 1.807) is 0 Å². The van der Waals surface area contributed by atoms with Gasteiger partial charge in [-0.15, -0.1) is 12.6 Å². The first-order chi connectivity index (χ1) is 15.8. The Balaban J connectivity index is 2.39. The zero-order chi connectivity index (χ0) is 24.4. The Kier molecular flexibility index (Phi) is 10.9. The Morgan fingerprint density at radius 3 is 2.52 bits per heavy atom. The van der Waals surface area contributed by atoms with E-state index in [2.05, 4.69) is 79.7 Å². The highest BCUT2D eigenvalue weighted by atomic mass is 32.1. The zero-order valence-electron chi connectivity index (χ0n) is 21.2. The van der Waals surface area contributed by atoms with Crippen molar-refractivity contribution in [3.8, 4) is 5.75 Å². The summed E-state index contributed by atoms with van der Waals surface area (Å²) >= 11 is 4.55. The molecule has 0 aliphatic rings. The summed E-state index contributed by atoms with van der Waals surface area (Å²) in [7, 11) is 4.16. The van der Waals surface area contributed by atoms with E-state index in [-0.39, 0.29) is 5.92 Å². The Morgan fingerprint density at radius 2 is 1.88 bits per heavy atom. The summed E-state index contributed by atoms with van der Waals surface area (Å²) in [5.41, 5.74) is 5.53. The zero-order valence-corrected chi connectivity index (χ0v) is 22.1. The molecule has 0 aliphatic heterocycles. The fourth-order valence-electron chi connectivity index (χ4n) is 3.74. The molecule has 1 atom stereocenters. The van der Waals surface area contributed by atoms with Gasteiger partial charge in [0.15, 0.2) is 5.75 Å². The quantitative estimate of drug-likeness (QED) is 0.215. The summed E-state index contributed by atoms with van der Waals surface area (Å²) in [6.07, 6.45) is 6.05. The molecule has 1 unspecified atom stereocenters. The molecule has 6 heteroatoms. The summed E-state index contributed by atoms with van der Waals surface area (Å²) in [6.45, 7) is 12.4. The number of allylic oxidation sites excluding steroid dienone is 2. The van der Waals surface area contributed by atoms with Crippen molar-refractivity contribution in [1.29, 1.82) is 0 Å². The van der Waals surface area contributed by atoms with E-state index in [9.17, 15) is 0 Å². The first-order valence-electron chi connectivity index (χ1n) is 11.6. The molecular formula is C27H39N3O2S. The Hall–Kier alpha value is -2.31.